The quantitative estimate of drug-likeness (QED) is 0.441. The van der Waals surface area contributed by atoms with Crippen molar-refractivity contribution in [1.82, 2.24) is 5.16 Å². The van der Waals surface area contributed by atoms with E-state index in [-0.39, 0.29) is 5.75 Å². The van der Waals surface area contributed by atoms with Gasteiger partial charge in [-0.2, -0.15) is 0 Å². The number of thioether (sulfide) groups is 1. The third kappa shape index (κ3) is 4.25. The van der Waals surface area contributed by atoms with Gasteiger partial charge >= 0.3 is 0 Å². The highest BCUT2D eigenvalue weighted by molar-refractivity contribution is 7.98. The van der Waals surface area contributed by atoms with Gasteiger partial charge in [0.1, 0.15) is 19.3 Å². The molecule has 0 amide bonds. The maximum absolute atomic E-state index is 11.1. The number of phosphoric ester groups is 1. The molecule has 0 aliphatic carbocycles. The highest BCUT2D eigenvalue weighted by Crippen LogP contribution is 2.41. The van der Waals surface area contributed by atoms with E-state index in [0.717, 1.165) is 22.4 Å². The van der Waals surface area contributed by atoms with Gasteiger partial charge in [-0.1, -0.05) is 11.2 Å². The molecule has 7 nitrogen and oxygen atoms in total. The summed E-state index contributed by atoms with van der Waals surface area (Å²) >= 11 is 1.27. The molecule has 0 radical (unpaired) electrons. The average molecular weight is 419 g/mol. The van der Waals surface area contributed by atoms with Crippen molar-refractivity contribution in [1.29, 1.82) is 0 Å². The molecule has 0 N–H and O–H groups in total. The first kappa shape index (κ1) is 20.5. The number of aryl methyl sites for hydroxylation is 1. The maximum atomic E-state index is 11.1. The Morgan fingerprint density at radius 3 is 2.46 bits per heavy atom. The van der Waals surface area contributed by atoms with Crippen LogP contribution in [0.15, 0.2) is 45.9 Å². The largest absolute Gasteiger partial charge is 0.780 e. The molecule has 0 saturated heterocycles. The van der Waals surface area contributed by atoms with Gasteiger partial charge in [-0.05, 0) is 61.1 Å². The summed E-state index contributed by atoms with van der Waals surface area (Å²) < 4.78 is 26.6. The van der Waals surface area contributed by atoms with Crippen molar-refractivity contribution >= 4 is 19.6 Å². The average Bonchev–Trinajstić information content (AvgIpc) is 3.12. The van der Waals surface area contributed by atoms with E-state index >= 15 is 0 Å². The lowest BCUT2D eigenvalue weighted by molar-refractivity contribution is -0.333. The molecule has 1 aromatic heterocycles. The van der Waals surface area contributed by atoms with E-state index in [2.05, 4.69) is 9.68 Å². The van der Waals surface area contributed by atoms with E-state index in [1.54, 1.807) is 25.5 Å². The molecule has 0 fully saturated rings. The fourth-order valence-electron chi connectivity index (χ4n) is 2.86. The summed E-state index contributed by atoms with van der Waals surface area (Å²) in [5, 5.41) is 3.89. The predicted octanol–water partition coefficient (Wildman–Crippen LogP) is 3.56. The number of hydrogen-bond donors (Lipinski definition) is 0. The molecule has 0 bridgehead atoms. The topological polar surface area (TPSA) is 108 Å². The molecule has 0 saturated carbocycles. The monoisotopic (exact) mass is 419 g/mol. The van der Waals surface area contributed by atoms with Gasteiger partial charge in [-0.15, -0.1) is 11.8 Å². The molecule has 28 heavy (non-hydrogen) atoms. The lowest BCUT2D eigenvalue weighted by Gasteiger charge is -2.30. The number of hydrogen-bond acceptors (Lipinski definition) is 8. The van der Waals surface area contributed by atoms with Crippen molar-refractivity contribution in [3.63, 3.8) is 0 Å². The highest BCUT2D eigenvalue weighted by Gasteiger charge is 2.17. The van der Waals surface area contributed by atoms with Crippen LogP contribution in [0.1, 0.15) is 11.1 Å². The van der Waals surface area contributed by atoms with E-state index in [0.29, 0.717) is 21.8 Å². The zero-order valence-corrected chi connectivity index (χ0v) is 17.4. The Morgan fingerprint density at radius 2 is 1.82 bits per heavy atom. The Hall–Kier alpha value is -2.25. The highest BCUT2D eigenvalue weighted by atomic mass is 32.2. The van der Waals surface area contributed by atoms with Crippen LogP contribution in [0.3, 0.4) is 0 Å². The number of benzene rings is 2. The van der Waals surface area contributed by atoms with E-state index in [1.165, 1.54) is 24.0 Å². The van der Waals surface area contributed by atoms with Gasteiger partial charge in [0, 0.05) is 16.0 Å². The van der Waals surface area contributed by atoms with Crippen molar-refractivity contribution < 1.29 is 28.1 Å². The first-order valence-electron chi connectivity index (χ1n) is 8.24. The standard InChI is InChI=1S/C19H20NO6PS/c1-11-7-14(9-16(24-3)12(11)2)19-15(10-20-25-19)13-5-6-18(28-4)17(8-13)26-27(21,22)23/h5-10H,1-4H3,(H2,21,22,23)/p-2. The zero-order chi connectivity index (χ0) is 20.5. The fraction of sp³-hybridized carbons (Fsp3) is 0.211. The molecule has 0 aliphatic heterocycles. The molecular weight excluding hydrogens is 401 g/mol. The van der Waals surface area contributed by atoms with Crippen LogP contribution in [0.2, 0.25) is 0 Å². The van der Waals surface area contributed by atoms with Crippen LogP contribution in [0, 0.1) is 13.8 Å². The van der Waals surface area contributed by atoms with Crippen molar-refractivity contribution in [2.45, 2.75) is 18.7 Å². The predicted molar refractivity (Wildman–Crippen MR) is 103 cm³/mol. The van der Waals surface area contributed by atoms with Crippen molar-refractivity contribution in [3.05, 3.63) is 47.7 Å². The Morgan fingerprint density at radius 1 is 1.11 bits per heavy atom. The number of nitrogens with zero attached hydrogens (tertiary/aromatic N) is 1. The lowest BCUT2D eigenvalue weighted by atomic mass is 9.98. The van der Waals surface area contributed by atoms with E-state index in [4.69, 9.17) is 9.26 Å². The molecule has 0 spiro atoms. The molecule has 0 unspecified atom stereocenters. The van der Waals surface area contributed by atoms with Crippen molar-refractivity contribution in [2.24, 2.45) is 0 Å². The summed E-state index contributed by atoms with van der Waals surface area (Å²) in [5.74, 6) is 1.19. The van der Waals surface area contributed by atoms with Gasteiger partial charge in [0.2, 0.25) is 0 Å². The normalized spacial score (nSPS) is 11.5. The van der Waals surface area contributed by atoms with Crippen molar-refractivity contribution in [2.75, 3.05) is 13.4 Å². The summed E-state index contributed by atoms with van der Waals surface area (Å²) in [6, 6.07) is 8.77. The molecule has 2 aromatic carbocycles. The van der Waals surface area contributed by atoms with E-state index in [1.807, 2.05) is 26.0 Å². The fourth-order valence-corrected chi connectivity index (χ4v) is 3.82. The number of methoxy groups -OCH3 is 1. The van der Waals surface area contributed by atoms with Crippen LogP contribution < -0.4 is 19.0 Å². The summed E-state index contributed by atoms with van der Waals surface area (Å²) in [6.45, 7) is 3.94. The van der Waals surface area contributed by atoms with Crippen LogP contribution in [-0.4, -0.2) is 18.5 Å². The first-order chi connectivity index (χ1) is 13.2. The van der Waals surface area contributed by atoms with Crippen LogP contribution >= 0.6 is 19.6 Å². The van der Waals surface area contributed by atoms with Gasteiger partial charge in [-0.3, -0.25) is 0 Å². The van der Waals surface area contributed by atoms with Crippen LogP contribution in [0.25, 0.3) is 22.5 Å². The Kier molecular flexibility index (Phi) is 5.86. The second kappa shape index (κ2) is 8.01. The van der Waals surface area contributed by atoms with Gasteiger partial charge in [-0.25, -0.2) is 0 Å². The van der Waals surface area contributed by atoms with Gasteiger partial charge in [0.15, 0.2) is 5.76 Å². The zero-order valence-electron chi connectivity index (χ0n) is 15.7. The van der Waals surface area contributed by atoms with Crippen LogP contribution in [0.4, 0.5) is 0 Å². The second-order valence-corrected chi connectivity index (χ2v) is 8.02. The SMILES string of the molecule is COc1cc(-c2oncc2-c2ccc(SC)c(OP(=O)([O-])[O-])c2)cc(C)c1C. The third-order valence-electron chi connectivity index (χ3n) is 4.36. The molecule has 1 heterocycles. The number of phosphoric acid groups is 1. The Balaban J connectivity index is 2.11. The van der Waals surface area contributed by atoms with Gasteiger partial charge < -0.3 is 28.1 Å². The molecule has 148 valence electrons. The summed E-state index contributed by atoms with van der Waals surface area (Å²) in [5.41, 5.74) is 4.05. The smallest absolute Gasteiger partial charge is 0.174 e. The molecule has 0 aliphatic rings. The summed E-state index contributed by atoms with van der Waals surface area (Å²) in [7, 11) is -3.59. The minimum Gasteiger partial charge on any atom is -0.780 e. The first-order valence-corrected chi connectivity index (χ1v) is 10.9. The third-order valence-corrected chi connectivity index (χ3v) is 5.55. The van der Waals surface area contributed by atoms with Gasteiger partial charge in [0.25, 0.3) is 0 Å². The van der Waals surface area contributed by atoms with Gasteiger partial charge in [0.05, 0.1) is 13.3 Å². The maximum Gasteiger partial charge on any atom is 0.174 e. The van der Waals surface area contributed by atoms with Crippen LogP contribution in [0.5, 0.6) is 11.5 Å². The molecular formula is C19H18NO6PS-2. The molecule has 9 heteroatoms. The number of aromatic nitrogens is 1. The molecule has 0 atom stereocenters. The molecule has 3 aromatic rings. The second-order valence-electron chi connectivity index (χ2n) is 6.09. The van der Waals surface area contributed by atoms with Crippen LogP contribution in [-0.2, 0) is 4.57 Å². The number of ether oxygens (including phenoxy) is 1. The Bertz CT molecular complexity index is 1060. The van der Waals surface area contributed by atoms with E-state index in [9.17, 15) is 14.4 Å². The molecule has 3 rings (SSSR count). The van der Waals surface area contributed by atoms with Crippen molar-refractivity contribution in [3.8, 4) is 33.9 Å². The lowest BCUT2D eigenvalue weighted by Crippen LogP contribution is -2.18. The Labute approximate surface area is 166 Å². The minimum absolute atomic E-state index is 0.0249. The summed E-state index contributed by atoms with van der Waals surface area (Å²) in [6.07, 6.45) is 3.29. The number of rotatable bonds is 6. The van der Waals surface area contributed by atoms with E-state index < -0.39 is 7.82 Å². The minimum atomic E-state index is -5.19. The summed E-state index contributed by atoms with van der Waals surface area (Å²) in [4.78, 5) is 22.7.